The Bertz CT molecular complexity index is 1170. The predicted molar refractivity (Wildman–Crippen MR) is 136 cm³/mol. The van der Waals surface area contributed by atoms with E-state index in [2.05, 4.69) is 51.7 Å². The Labute approximate surface area is 208 Å². The van der Waals surface area contributed by atoms with E-state index in [1.54, 1.807) is 16.4 Å². The van der Waals surface area contributed by atoms with Crippen molar-refractivity contribution >= 4 is 34.4 Å². The molecule has 2 unspecified atom stereocenters. The van der Waals surface area contributed by atoms with E-state index in [0.717, 1.165) is 18.6 Å². The smallest absolute Gasteiger partial charge is 0.191 e. The lowest BCUT2D eigenvalue weighted by atomic mass is 10.1. The number of thioether (sulfide) groups is 1. The molecule has 2 fully saturated rings. The summed E-state index contributed by atoms with van der Waals surface area (Å²) in [6, 6.07) is 8.37. The average molecular weight is 500 g/mol. The number of aliphatic hydroxyl groups excluding tert-OH is 3. The van der Waals surface area contributed by atoms with Gasteiger partial charge in [-0.15, -0.1) is 5.10 Å². The number of anilines is 2. The van der Waals surface area contributed by atoms with Gasteiger partial charge in [0.05, 0.1) is 12.1 Å². The van der Waals surface area contributed by atoms with Crippen molar-refractivity contribution in [3.8, 4) is 0 Å². The summed E-state index contributed by atoms with van der Waals surface area (Å²) in [6.07, 6.45) is 0.335. The molecule has 4 N–H and O–H groups in total. The molecule has 35 heavy (non-hydrogen) atoms. The van der Waals surface area contributed by atoms with Crippen molar-refractivity contribution in [1.82, 2.24) is 25.0 Å². The van der Waals surface area contributed by atoms with Crippen LogP contribution >= 0.6 is 11.8 Å². The molecule has 2 aliphatic carbocycles. The first kappa shape index (κ1) is 24.2. The second-order valence-corrected chi connectivity index (χ2v) is 10.8. The average Bonchev–Trinajstić information content (AvgIpc) is 3.40. The van der Waals surface area contributed by atoms with E-state index in [9.17, 15) is 15.3 Å². The number of benzene rings is 1. The van der Waals surface area contributed by atoms with Gasteiger partial charge in [-0.05, 0) is 37.0 Å². The van der Waals surface area contributed by atoms with Gasteiger partial charge in [0.15, 0.2) is 22.1 Å². The number of hydrogen-bond acceptors (Lipinski definition) is 10. The number of nitrogens with one attached hydrogen (secondary N) is 1. The summed E-state index contributed by atoms with van der Waals surface area (Å²) in [5.74, 6) is 1.52. The largest absolute Gasteiger partial charge is 0.396 e. The molecule has 0 spiro atoms. The van der Waals surface area contributed by atoms with E-state index in [1.165, 1.54) is 11.3 Å². The number of hydrogen-bond donors (Lipinski definition) is 4. The summed E-state index contributed by atoms with van der Waals surface area (Å²) in [6.45, 7) is 1.91. The highest BCUT2D eigenvalue weighted by Crippen LogP contribution is 2.44. The zero-order valence-electron chi connectivity index (χ0n) is 20.2. The van der Waals surface area contributed by atoms with Crippen LogP contribution < -0.4 is 10.2 Å². The van der Waals surface area contributed by atoms with Crippen LogP contribution in [0.5, 0.6) is 0 Å². The van der Waals surface area contributed by atoms with Gasteiger partial charge in [-0.3, -0.25) is 0 Å². The Balaban J connectivity index is 1.42. The molecule has 6 atom stereocenters. The minimum atomic E-state index is -1.05. The third kappa shape index (κ3) is 4.69. The quantitative estimate of drug-likeness (QED) is 0.256. The zero-order chi connectivity index (χ0) is 24.7. The lowest BCUT2D eigenvalue weighted by molar-refractivity contribution is -0.00512. The van der Waals surface area contributed by atoms with Gasteiger partial charge < -0.3 is 25.5 Å². The zero-order valence-corrected chi connectivity index (χ0v) is 21.1. The normalized spacial score (nSPS) is 27.9. The van der Waals surface area contributed by atoms with Crippen molar-refractivity contribution in [2.45, 2.75) is 61.6 Å². The van der Waals surface area contributed by atoms with Crippen LogP contribution in [0.2, 0.25) is 0 Å². The van der Waals surface area contributed by atoms with Crippen molar-refractivity contribution < 1.29 is 15.3 Å². The molecular formula is C24H33N7O3S. The minimum Gasteiger partial charge on any atom is -0.396 e. The van der Waals surface area contributed by atoms with Crippen molar-refractivity contribution in [2.24, 2.45) is 5.92 Å². The highest BCUT2D eigenvalue weighted by Gasteiger charge is 2.44. The molecule has 2 aromatic heterocycles. The predicted octanol–water partition coefficient (Wildman–Crippen LogP) is 2.03. The Hall–Kier alpha value is -2.47. The molecule has 1 aromatic carbocycles. The summed E-state index contributed by atoms with van der Waals surface area (Å²) in [7, 11) is 4.07. The Morgan fingerprint density at radius 3 is 2.54 bits per heavy atom. The molecule has 0 aliphatic heterocycles. The van der Waals surface area contributed by atoms with Gasteiger partial charge in [0.2, 0.25) is 0 Å². The van der Waals surface area contributed by atoms with Gasteiger partial charge in [-0.25, -0.2) is 14.6 Å². The van der Waals surface area contributed by atoms with Gasteiger partial charge in [0.1, 0.15) is 6.10 Å². The third-order valence-electron chi connectivity index (χ3n) is 7.01. The molecule has 10 nitrogen and oxygen atoms in total. The van der Waals surface area contributed by atoms with E-state index in [0.29, 0.717) is 34.5 Å². The molecule has 0 radical (unpaired) electrons. The lowest BCUT2D eigenvalue weighted by Gasteiger charge is -2.17. The van der Waals surface area contributed by atoms with Gasteiger partial charge in [-0.2, -0.15) is 0 Å². The van der Waals surface area contributed by atoms with E-state index in [4.69, 9.17) is 9.97 Å². The fraction of sp³-hybridized carbons (Fsp3) is 0.583. The maximum absolute atomic E-state index is 10.6. The molecule has 188 valence electrons. The Morgan fingerprint density at radius 2 is 1.89 bits per heavy atom. The van der Waals surface area contributed by atoms with Gasteiger partial charge >= 0.3 is 0 Å². The van der Waals surface area contributed by atoms with Crippen LogP contribution in [-0.2, 0) is 0 Å². The molecule has 0 saturated heterocycles. The molecular weight excluding hydrogens is 466 g/mol. The highest BCUT2D eigenvalue weighted by atomic mass is 32.2. The lowest BCUT2D eigenvalue weighted by Crippen LogP contribution is -2.30. The van der Waals surface area contributed by atoms with Crippen LogP contribution in [0.4, 0.5) is 11.5 Å². The molecule has 5 rings (SSSR count). The molecule has 2 heterocycles. The van der Waals surface area contributed by atoms with Crippen LogP contribution in [0.25, 0.3) is 11.2 Å². The molecule has 2 saturated carbocycles. The fourth-order valence-electron chi connectivity index (χ4n) is 4.83. The van der Waals surface area contributed by atoms with Crippen LogP contribution in [-0.4, -0.2) is 85.0 Å². The summed E-state index contributed by atoms with van der Waals surface area (Å²) in [4.78, 5) is 11.6. The summed E-state index contributed by atoms with van der Waals surface area (Å²) in [5, 5.41) is 43.4. The molecule has 0 bridgehead atoms. The first-order chi connectivity index (χ1) is 16.9. The van der Waals surface area contributed by atoms with E-state index in [-0.39, 0.29) is 12.6 Å². The Morgan fingerprint density at radius 1 is 1.11 bits per heavy atom. The van der Waals surface area contributed by atoms with Crippen LogP contribution in [0.3, 0.4) is 0 Å². The summed E-state index contributed by atoms with van der Waals surface area (Å²) >= 11 is 1.57. The van der Waals surface area contributed by atoms with E-state index < -0.39 is 24.2 Å². The maximum atomic E-state index is 10.6. The fourth-order valence-corrected chi connectivity index (χ4v) is 5.53. The molecule has 0 amide bonds. The van der Waals surface area contributed by atoms with Crippen LogP contribution in [0.15, 0.2) is 29.4 Å². The number of aliphatic hydroxyl groups is 3. The molecule has 3 aromatic rings. The van der Waals surface area contributed by atoms with Crippen molar-refractivity contribution in [3.63, 3.8) is 0 Å². The van der Waals surface area contributed by atoms with Gasteiger partial charge in [-0.1, -0.05) is 36.0 Å². The Kier molecular flexibility index (Phi) is 6.84. The number of nitrogens with zero attached hydrogens (tertiary/aromatic N) is 6. The highest BCUT2D eigenvalue weighted by molar-refractivity contribution is 7.99. The van der Waals surface area contributed by atoms with Crippen LogP contribution in [0.1, 0.15) is 43.7 Å². The second-order valence-electron chi connectivity index (χ2n) is 9.72. The number of rotatable bonds is 9. The van der Waals surface area contributed by atoms with Crippen LogP contribution in [0, 0.1) is 5.92 Å². The van der Waals surface area contributed by atoms with Gasteiger partial charge in [0, 0.05) is 50.0 Å². The first-order valence-electron chi connectivity index (χ1n) is 12.2. The second kappa shape index (κ2) is 9.88. The minimum absolute atomic E-state index is 0.195. The molecule has 11 heteroatoms. The first-order valence-corrected chi connectivity index (χ1v) is 13.2. The van der Waals surface area contributed by atoms with Crippen molar-refractivity contribution in [1.29, 1.82) is 0 Å². The molecule has 2 aliphatic rings. The monoisotopic (exact) mass is 499 g/mol. The number of fused-ring (bicyclic) bond motifs is 1. The van der Waals surface area contributed by atoms with Crippen molar-refractivity contribution in [3.05, 3.63) is 29.8 Å². The standard InChI is InChI=1S/C24H33N7O3S/c1-4-9-35-24-26-22(25-17-11-16(17)13-5-7-15(8-6-13)30(2)3)19-23(27-24)31(29-28-19)18-10-14(12-32)20(33)21(18)34/h5-8,14,16-18,20-21,32-34H,4,9-12H2,1-3H3,(H,25,26,27)/t14-,16?,17?,18-,20-,21+/m1/s1. The van der Waals surface area contributed by atoms with E-state index >= 15 is 0 Å². The summed E-state index contributed by atoms with van der Waals surface area (Å²) in [5.41, 5.74) is 3.55. The third-order valence-corrected chi connectivity index (χ3v) is 8.06. The number of aromatic nitrogens is 5. The van der Waals surface area contributed by atoms with E-state index in [1.807, 2.05) is 14.1 Å². The van der Waals surface area contributed by atoms with Crippen molar-refractivity contribution in [2.75, 3.05) is 36.7 Å². The SMILES string of the molecule is CCCSc1nc(NC2CC2c2ccc(N(C)C)cc2)c2nnn([C@@H]3C[C@H](CO)[C@@H](O)[C@H]3O)c2n1. The topological polar surface area (TPSA) is 132 Å². The maximum Gasteiger partial charge on any atom is 0.191 e. The summed E-state index contributed by atoms with van der Waals surface area (Å²) < 4.78 is 1.59. The van der Waals surface area contributed by atoms with Gasteiger partial charge in [0.25, 0.3) is 0 Å².